The van der Waals surface area contributed by atoms with Gasteiger partial charge < -0.3 is 5.11 Å². The molecule has 9 atom stereocenters. The molecule has 0 aromatic heterocycles. The molecular weight excluding hydrogens is 408 g/mol. The molecule has 186 valence electrons. The minimum Gasteiger partial charge on any atom is -0.481 e. The molecule has 0 aromatic carbocycles. The first-order chi connectivity index (χ1) is 15.2. The molecule has 4 aliphatic rings. The Morgan fingerprint density at radius 1 is 1.06 bits per heavy atom. The number of carbonyl (C=O) groups is 2. The number of carbonyl (C=O) groups excluding carboxylic acids is 1. The number of fused-ring (bicyclic) bond motifs is 5. The molecule has 33 heavy (non-hydrogen) atoms. The fourth-order valence-corrected chi connectivity index (χ4v) is 9.91. The van der Waals surface area contributed by atoms with Gasteiger partial charge in [0.2, 0.25) is 0 Å². The third kappa shape index (κ3) is 3.41. The van der Waals surface area contributed by atoms with E-state index < -0.39 is 5.97 Å². The molecule has 3 saturated carbocycles. The van der Waals surface area contributed by atoms with Crippen molar-refractivity contribution in [3.05, 3.63) is 11.6 Å². The number of ketones is 1. The second kappa shape index (κ2) is 7.95. The van der Waals surface area contributed by atoms with Crippen LogP contribution in [-0.4, -0.2) is 16.9 Å². The molecule has 3 fully saturated rings. The standard InChI is InChI=1S/C30H48O3/c1-18(2)21-10-14-30(8)26(28(21,6)13-11-24(32)33)23(31)17-22-25-20(4)19(3)9-12-27(25,5)15-16-29(22,30)7/h17-21,25-26H,9-16H2,1-8H3,(H,32,33)/t19-,20+,21?,25?,26?,27-,28+,29-,30-/m1/s1. The molecule has 0 radical (unpaired) electrons. The summed E-state index contributed by atoms with van der Waals surface area (Å²) in [6.07, 6.45) is 10.0. The molecule has 3 nitrogen and oxygen atoms in total. The van der Waals surface area contributed by atoms with Crippen molar-refractivity contribution >= 4 is 11.8 Å². The highest BCUT2D eigenvalue weighted by molar-refractivity contribution is 5.95. The summed E-state index contributed by atoms with van der Waals surface area (Å²) >= 11 is 0. The van der Waals surface area contributed by atoms with Crippen molar-refractivity contribution in [1.29, 1.82) is 0 Å². The normalized spacial score (nSPS) is 49.7. The lowest BCUT2D eigenvalue weighted by molar-refractivity contribution is -0.172. The Hall–Kier alpha value is -1.12. The van der Waals surface area contributed by atoms with Gasteiger partial charge >= 0.3 is 5.97 Å². The molecule has 0 heterocycles. The third-order valence-corrected chi connectivity index (χ3v) is 12.2. The Balaban J connectivity index is 1.86. The van der Waals surface area contributed by atoms with Gasteiger partial charge in [0.25, 0.3) is 0 Å². The summed E-state index contributed by atoms with van der Waals surface area (Å²) in [5, 5.41) is 9.56. The molecule has 1 N–H and O–H groups in total. The number of hydrogen-bond donors (Lipinski definition) is 1. The van der Waals surface area contributed by atoms with Crippen LogP contribution in [0.25, 0.3) is 0 Å². The van der Waals surface area contributed by atoms with E-state index in [1.807, 2.05) is 0 Å². The van der Waals surface area contributed by atoms with Crippen molar-refractivity contribution in [3.8, 4) is 0 Å². The van der Waals surface area contributed by atoms with Crippen LogP contribution >= 0.6 is 0 Å². The molecule has 4 rings (SSSR count). The van der Waals surface area contributed by atoms with Gasteiger partial charge in [-0.1, -0.05) is 61.0 Å². The van der Waals surface area contributed by atoms with Crippen LogP contribution in [0.5, 0.6) is 0 Å². The molecule has 4 aliphatic carbocycles. The van der Waals surface area contributed by atoms with Crippen LogP contribution in [-0.2, 0) is 9.59 Å². The minimum atomic E-state index is -0.741. The van der Waals surface area contributed by atoms with Gasteiger partial charge in [-0.15, -0.1) is 0 Å². The number of hydrogen-bond acceptors (Lipinski definition) is 2. The summed E-state index contributed by atoms with van der Waals surface area (Å²) < 4.78 is 0. The summed E-state index contributed by atoms with van der Waals surface area (Å²) in [5.41, 5.74) is 1.42. The van der Waals surface area contributed by atoms with E-state index in [4.69, 9.17) is 0 Å². The van der Waals surface area contributed by atoms with Gasteiger partial charge in [0.1, 0.15) is 0 Å². The van der Waals surface area contributed by atoms with E-state index in [0.29, 0.717) is 47.2 Å². The van der Waals surface area contributed by atoms with Gasteiger partial charge in [-0.05, 0) is 102 Å². The zero-order valence-corrected chi connectivity index (χ0v) is 22.5. The Labute approximate surface area is 202 Å². The van der Waals surface area contributed by atoms with Crippen LogP contribution in [0.3, 0.4) is 0 Å². The topological polar surface area (TPSA) is 54.4 Å². The monoisotopic (exact) mass is 456 g/mol. The summed E-state index contributed by atoms with van der Waals surface area (Å²) in [6.45, 7) is 19.0. The molecule has 0 amide bonds. The van der Waals surface area contributed by atoms with Gasteiger partial charge in [-0.3, -0.25) is 9.59 Å². The maximum absolute atomic E-state index is 14.2. The predicted octanol–water partition coefficient (Wildman–Crippen LogP) is 7.54. The number of carboxylic acid groups (broad SMARTS) is 1. The van der Waals surface area contributed by atoms with E-state index in [2.05, 4.69) is 61.5 Å². The maximum Gasteiger partial charge on any atom is 0.303 e. The summed E-state index contributed by atoms with van der Waals surface area (Å²) in [4.78, 5) is 25.8. The number of carboxylic acids is 1. The minimum absolute atomic E-state index is 0.0213. The second-order valence-corrected chi connectivity index (χ2v) is 14.0. The maximum atomic E-state index is 14.2. The van der Waals surface area contributed by atoms with Crippen molar-refractivity contribution < 1.29 is 14.7 Å². The summed E-state index contributed by atoms with van der Waals surface area (Å²) in [5.74, 6) is 2.12. The molecule has 0 aliphatic heterocycles. The quantitative estimate of drug-likeness (QED) is 0.475. The molecule has 3 unspecified atom stereocenters. The van der Waals surface area contributed by atoms with Crippen LogP contribution in [0, 0.1) is 57.2 Å². The fourth-order valence-electron chi connectivity index (χ4n) is 9.91. The van der Waals surface area contributed by atoms with Gasteiger partial charge in [-0.2, -0.15) is 0 Å². The fraction of sp³-hybridized carbons (Fsp3) is 0.867. The first kappa shape index (κ1) is 25.0. The molecular formula is C30H48O3. The van der Waals surface area contributed by atoms with E-state index in [9.17, 15) is 14.7 Å². The number of rotatable bonds is 4. The van der Waals surface area contributed by atoms with Crippen molar-refractivity contribution in [2.75, 3.05) is 0 Å². The highest BCUT2D eigenvalue weighted by Gasteiger charge is 2.68. The Morgan fingerprint density at radius 3 is 2.33 bits per heavy atom. The number of allylic oxidation sites excluding steroid dienone is 2. The average molecular weight is 457 g/mol. The van der Waals surface area contributed by atoms with Crippen molar-refractivity contribution in [2.24, 2.45) is 57.2 Å². The SMILES string of the molecule is CC(C)C1CC[C@]2(C)C(C(=O)C=C3C4[C@@H](C)[C@H](C)CC[C@]4(C)CC[C@]32C)[C@@]1(C)CCC(=O)O. The first-order valence-electron chi connectivity index (χ1n) is 13.7. The van der Waals surface area contributed by atoms with Crippen LogP contribution in [0.4, 0.5) is 0 Å². The average Bonchev–Trinajstić information content (AvgIpc) is 2.71. The molecule has 3 heteroatoms. The second-order valence-electron chi connectivity index (χ2n) is 14.0. The smallest absolute Gasteiger partial charge is 0.303 e. The lowest BCUT2D eigenvalue weighted by Gasteiger charge is -2.69. The molecule has 0 bridgehead atoms. The van der Waals surface area contributed by atoms with E-state index >= 15 is 0 Å². The van der Waals surface area contributed by atoms with Gasteiger partial charge in [0, 0.05) is 12.3 Å². The highest BCUT2D eigenvalue weighted by atomic mass is 16.4. The van der Waals surface area contributed by atoms with Crippen LogP contribution < -0.4 is 0 Å². The molecule has 0 aromatic rings. The first-order valence-corrected chi connectivity index (χ1v) is 13.7. The van der Waals surface area contributed by atoms with Crippen LogP contribution in [0.2, 0.25) is 0 Å². The van der Waals surface area contributed by atoms with E-state index in [-0.39, 0.29) is 28.6 Å². The van der Waals surface area contributed by atoms with Gasteiger partial charge in [-0.25, -0.2) is 0 Å². The van der Waals surface area contributed by atoms with E-state index in [1.54, 1.807) is 0 Å². The van der Waals surface area contributed by atoms with Gasteiger partial charge in [0.05, 0.1) is 0 Å². The summed E-state index contributed by atoms with van der Waals surface area (Å²) in [6, 6.07) is 0. The van der Waals surface area contributed by atoms with Crippen molar-refractivity contribution in [2.45, 2.75) is 107 Å². The highest BCUT2D eigenvalue weighted by Crippen LogP contribution is 2.73. The van der Waals surface area contributed by atoms with Crippen LogP contribution in [0.1, 0.15) is 107 Å². The van der Waals surface area contributed by atoms with Crippen LogP contribution in [0.15, 0.2) is 11.6 Å². The zero-order valence-electron chi connectivity index (χ0n) is 22.5. The Morgan fingerprint density at radius 2 is 1.73 bits per heavy atom. The largest absolute Gasteiger partial charge is 0.481 e. The molecule has 0 saturated heterocycles. The lowest BCUT2D eigenvalue weighted by Crippen LogP contribution is -2.64. The predicted molar refractivity (Wildman–Crippen MR) is 134 cm³/mol. The van der Waals surface area contributed by atoms with E-state index in [1.165, 1.54) is 24.8 Å². The number of aliphatic carboxylic acids is 1. The van der Waals surface area contributed by atoms with Crippen molar-refractivity contribution in [1.82, 2.24) is 0 Å². The Bertz CT molecular complexity index is 857. The van der Waals surface area contributed by atoms with E-state index in [0.717, 1.165) is 19.3 Å². The van der Waals surface area contributed by atoms with Crippen molar-refractivity contribution in [3.63, 3.8) is 0 Å². The third-order valence-electron chi connectivity index (χ3n) is 12.2. The molecule has 0 spiro atoms. The van der Waals surface area contributed by atoms with Gasteiger partial charge in [0.15, 0.2) is 5.78 Å². The lowest BCUT2D eigenvalue weighted by atomic mass is 9.35. The zero-order chi connectivity index (χ0) is 24.6. The summed E-state index contributed by atoms with van der Waals surface area (Å²) in [7, 11) is 0. The Kier molecular flexibility index (Phi) is 6.02.